The highest BCUT2D eigenvalue weighted by Crippen LogP contribution is 2.28. The molecule has 0 saturated carbocycles. The summed E-state index contributed by atoms with van der Waals surface area (Å²) in [7, 11) is 0. The van der Waals surface area contributed by atoms with Crippen molar-refractivity contribution in [2.75, 3.05) is 31.6 Å². The number of hydrogen-bond acceptors (Lipinski definition) is 4. The molecule has 0 spiro atoms. The molecule has 0 radical (unpaired) electrons. The van der Waals surface area contributed by atoms with Crippen molar-refractivity contribution in [3.8, 4) is 0 Å². The van der Waals surface area contributed by atoms with E-state index in [0.29, 0.717) is 43.4 Å². The van der Waals surface area contributed by atoms with Gasteiger partial charge in [0.05, 0.1) is 30.0 Å². The molecular weight excluding hydrogens is 362 g/mol. The predicted octanol–water partition coefficient (Wildman–Crippen LogP) is 3.97. The number of nitrogens with one attached hydrogen (secondary N) is 1. The van der Waals surface area contributed by atoms with Crippen molar-refractivity contribution in [3.63, 3.8) is 0 Å². The number of rotatable bonds is 4. The highest BCUT2D eigenvalue weighted by atomic mass is 35.5. The molecular formula is C21H20ClN3O2. The molecule has 0 aliphatic carbocycles. The van der Waals surface area contributed by atoms with Gasteiger partial charge in [-0.3, -0.25) is 9.78 Å². The molecule has 2 aromatic carbocycles. The molecule has 1 saturated heterocycles. The van der Waals surface area contributed by atoms with Crippen molar-refractivity contribution in [1.29, 1.82) is 0 Å². The second kappa shape index (κ2) is 7.94. The molecule has 1 aromatic heterocycles. The van der Waals surface area contributed by atoms with E-state index < -0.39 is 0 Å². The Morgan fingerprint density at radius 1 is 1.11 bits per heavy atom. The summed E-state index contributed by atoms with van der Waals surface area (Å²) in [5, 5.41) is 5.05. The molecule has 1 aliphatic rings. The van der Waals surface area contributed by atoms with Crippen LogP contribution in [0.3, 0.4) is 0 Å². The molecule has 1 N–H and O–H groups in total. The van der Waals surface area contributed by atoms with Gasteiger partial charge in [-0.1, -0.05) is 48.0 Å². The van der Waals surface area contributed by atoms with Crippen LogP contribution in [0.2, 0.25) is 5.02 Å². The fourth-order valence-corrected chi connectivity index (χ4v) is 3.46. The van der Waals surface area contributed by atoms with E-state index in [1.165, 1.54) is 0 Å². The quantitative estimate of drug-likeness (QED) is 0.742. The zero-order valence-electron chi connectivity index (χ0n) is 14.8. The molecule has 4 rings (SSSR count). The van der Waals surface area contributed by atoms with Gasteiger partial charge in [0.1, 0.15) is 0 Å². The van der Waals surface area contributed by atoms with Gasteiger partial charge in [0, 0.05) is 36.2 Å². The van der Waals surface area contributed by atoms with Crippen LogP contribution in [0.4, 0.5) is 5.69 Å². The van der Waals surface area contributed by atoms with Crippen LogP contribution in [-0.4, -0.2) is 42.1 Å². The Kier molecular flexibility index (Phi) is 5.23. The number of aromatic nitrogens is 1. The van der Waals surface area contributed by atoms with E-state index in [9.17, 15) is 4.79 Å². The normalized spacial score (nSPS) is 14.3. The van der Waals surface area contributed by atoms with Crippen LogP contribution in [0.1, 0.15) is 15.9 Å². The first-order valence-electron chi connectivity index (χ1n) is 8.96. The molecule has 0 atom stereocenters. The molecule has 2 heterocycles. The lowest BCUT2D eigenvalue weighted by molar-refractivity contribution is 0.0303. The van der Waals surface area contributed by atoms with E-state index in [0.717, 1.165) is 22.2 Å². The smallest absolute Gasteiger partial charge is 0.257 e. The minimum atomic E-state index is -0.0294. The number of hydrogen-bond donors (Lipinski definition) is 1. The Labute approximate surface area is 162 Å². The molecule has 0 unspecified atom stereocenters. The maximum Gasteiger partial charge on any atom is 0.257 e. The molecule has 27 heavy (non-hydrogen) atoms. The summed E-state index contributed by atoms with van der Waals surface area (Å²) in [6.07, 6.45) is 1.66. The van der Waals surface area contributed by atoms with Gasteiger partial charge in [0.2, 0.25) is 0 Å². The average Bonchev–Trinajstić information content (AvgIpc) is 2.73. The summed E-state index contributed by atoms with van der Waals surface area (Å²) < 4.78 is 5.36. The maximum absolute atomic E-state index is 13.1. The Bertz CT molecular complexity index is 971. The molecule has 138 valence electrons. The van der Waals surface area contributed by atoms with E-state index in [2.05, 4.69) is 10.3 Å². The first-order chi connectivity index (χ1) is 13.2. The van der Waals surface area contributed by atoms with Crippen LogP contribution in [0.15, 0.2) is 54.7 Å². The predicted molar refractivity (Wildman–Crippen MR) is 107 cm³/mol. The van der Waals surface area contributed by atoms with E-state index in [1.54, 1.807) is 6.20 Å². The minimum Gasteiger partial charge on any atom is -0.380 e. The fourth-order valence-electron chi connectivity index (χ4n) is 3.26. The summed E-state index contributed by atoms with van der Waals surface area (Å²) in [6, 6.07) is 15.5. The highest BCUT2D eigenvalue weighted by Gasteiger charge is 2.23. The summed E-state index contributed by atoms with van der Waals surface area (Å²) in [5.74, 6) is -0.0294. The number of benzene rings is 2. The summed E-state index contributed by atoms with van der Waals surface area (Å²) in [6.45, 7) is 2.84. The van der Waals surface area contributed by atoms with Gasteiger partial charge >= 0.3 is 0 Å². The van der Waals surface area contributed by atoms with Gasteiger partial charge < -0.3 is 15.0 Å². The Morgan fingerprint density at radius 2 is 1.85 bits per heavy atom. The Balaban J connectivity index is 1.71. The summed E-state index contributed by atoms with van der Waals surface area (Å²) in [4.78, 5) is 19.4. The maximum atomic E-state index is 13.1. The number of morpholine rings is 1. The number of pyridine rings is 1. The molecule has 6 heteroatoms. The van der Waals surface area contributed by atoms with Crippen molar-refractivity contribution in [2.24, 2.45) is 0 Å². The van der Waals surface area contributed by atoms with Crippen LogP contribution in [-0.2, 0) is 11.3 Å². The van der Waals surface area contributed by atoms with Crippen molar-refractivity contribution in [2.45, 2.75) is 6.54 Å². The molecule has 1 fully saturated rings. The zero-order valence-corrected chi connectivity index (χ0v) is 15.6. The number of nitrogens with zero attached hydrogens (tertiary/aromatic N) is 2. The first-order valence-corrected chi connectivity index (χ1v) is 9.34. The number of amides is 1. The van der Waals surface area contributed by atoms with Crippen molar-refractivity contribution in [1.82, 2.24) is 9.88 Å². The van der Waals surface area contributed by atoms with E-state index in [-0.39, 0.29) is 5.91 Å². The largest absolute Gasteiger partial charge is 0.380 e. The molecule has 1 aliphatic heterocycles. The third-order valence-electron chi connectivity index (χ3n) is 4.72. The molecule has 1 amide bonds. The van der Waals surface area contributed by atoms with Crippen molar-refractivity contribution >= 4 is 34.1 Å². The second-order valence-corrected chi connectivity index (χ2v) is 6.82. The number of fused-ring (bicyclic) bond motifs is 1. The van der Waals surface area contributed by atoms with E-state index in [4.69, 9.17) is 16.3 Å². The lowest BCUT2D eigenvalue weighted by Crippen LogP contribution is -2.41. The zero-order chi connectivity index (χ0) is 18.6. The van der Waals surface area contributed by atoms with Gasteiger partial charge in [-0.15, -0.1) is 0 Å². The Morgan fingerprint density at radius 3 is 2.67 bits per heavy atom. The number of halogens is 1. The topological polar surface area (TPSA) is 54.5 Å². The molecule has 0 bridgehead atoms. The van der Waals surface area contributed by atoms with Crippen LogP contribution in [0.5, 0.6) is 0 Å². The van der Waals surface area contributed by atoms with E-state index >= 15 is 0 Å². The monoisotopic (exact) mass is 381 g/mol. The lowest BCUT2D eigenvalue weighted by Gasteiger charge is -2.28. The molecule has 3 aromatic rings. The fraction of sp³-hybridized carbons (Fsp3) is 0.238. The first kappa shape index (κ1) is 17.8. The van der Waals surface area contributed by atoms with Crippen molar-refractivity contribution < 1.29 is 9.53 Å². The van der Waals surface area contributed by atoms with Gasteiger partial charge in [-0.25, -0.2) is 0 Å². The van der Waals surface area contributed by atoms with Crippen molar-refractivity contribution in [3.05, 3.63) is 70.9 Å². The summed E-state index contributed by atoms with van der Waals surface area (Å²) in [5.41, 5.74) is 3.18. The van der Waals surface area contributed by atoms with Gasteiger partial charge in [0.25, 0.3) is 5.91 Å². The third-order valence-corrected chi connectivity index (χ3v) is 5.09. The number of carbonyl (C=O) groups excluding carboxylic acids is 1. The number of anilines is 1. The van der Waals surface area contributed by atoms with Crippen LogP contribution < -0.4 is 5.32 Å². The standard InChI is InChI=1S/C21H20ClN3O2/c22-18-7-3-1-5-15(18)13-24-20-16-6-2-4-8-19(16)23-14-17(20)21(26)25-9-11-27-12-10-25/h1-8,14H,9-13H2,(H,23,24). The summed E-state index contributed by atoms with van der Waals surface area (Å²) >= 11 is 6.29. The van der Waals surface area contributed by atoms with Gasteiger partial charge in [-0.2, -0.15) is 0 Å². The number of ether oxygens (including phenoxy) is 1. The second-order valence-electron chi connectivity index (χ2n) is 6.41. The number of para-hydroxylation sites is 1. The minimum absolute atomic E-state index is 0.0294. The van der Waals surface area contributed by atoms with Crippen LogP contribution >= 0.6 is 11.6 Å². The third kappa shape index (κ3) is 3.75. The Hall–Kier alpha value is -2.63. The average molecular weight is 382 g/mol. The van der Waals surface area contributed by atoms with Gasteiger partial charge in [-0.05, 0) is 17.7 Å². The van der Waals surface area contributed by atoms with E-state index in [1.807, 2.05) is 53.4 Å². The SMILES string of the molecule is O=C(c1cnc2ccccc2c1NCc1ccccc1Cl)N1CCOCC1. The lowest BCUT2D eigenvalue weighted by atomic mass is 10.1. The van der Waals surface area contributed by atoms with Gasteiger partial charge in [0.15, 0.2) is 0 Å². The van der Waals surface area contributed by atoms with Crippen LogP contribution in [0.25, 0.3) is 10.9 Å². The number of carbonyl (C=O) groups is 1. The van der Waals surface area contributed by atoms with Crippen LogP contribution in [0, 0.1) is 0 Å². The highest BCUT2D eigenvalue weighted by molar-refractivity contribution is 6.31. The molecule has 5 nitrogen and oxygen atoms in total.